The lowest BCUT2D eigenvalue weighted by Gasteiger charge is -2.00. The zero-order chi connectivity index (χ0) is 14.2. The molecular weight excluding hydrogens is 232 g/mol. The lowest BCUT2D eigenvalue weighted by Crippen LogP contribution is -2.32. The number of hydrogen-bond acceptors (Lipinski definition) is 1. The van der Waals surface area contributed by atoms with Gasteiger partial charge in [-0.25, -0.2) is 0 Å². The normalized spacial score (nSPS) is 11.8. The van der Waals surface area contributed by atoms with Gasteiger partial charge in [0.25, 0.3) is 0 Å². The maximum absolute atomic E-state index is 9.23. The van der Waals surface area contributed by atoms with Gasteiger partial charge in [-0.2, -0.15) is 0 Å². The highest BCUT2D eigenvalue weighted by Gasteiger charge is 2.26. The smallest absolute Gasteiger partial charge is 0.144 e. The molecule has 0 atom stereocenters. The first-order valence-corrected chi connectivity index (χ1v) is 6.66. The van der Waals surface area contributed by atoms with E-state index in [4.69, 9.17) is 7.74 Å². The van der Waals surface area contributed by atoms with Crippen molar-refractivity contribution in [3.05, 3.63) is 41.3 Å². The van der Waals surface area contributed by atoms with Gasteiger partial charge in [0.2, 0.25) is 0 Å². The fraction of sp³-hybridized carbons (Fsp3) is 0.111. The molecule has 1 nitrogen and oxygen atoms in total. The van der Waals surface area contributed by atoms with Gasteiger partial charge in [-0.15, -0.1) is 11.4 Å². The van der Waals surface area contributed by atoms with Gasteiger partial charge >= 0.3 is 0 Å². The van der Waals surface area contributed by atoms with Crippen LogP contribution in [0.3, 0.4) is 0 Å². The Morgan fingerprint density at radius 1 is 0.950 bits per heavy atom. The monoisotopic (exact) mass is 242 g/mol. The van der Waals surface area contributed by atoms with Crippen molar-refractivity contribution in [1.29, 1.82) is 0 Å². The summed E-state index contributed by atoms with van der Waals surface area (Å²) in [6.45, 7) is 0.487. The minimum atomic E-state index is 0.317. The van der Waals surface area contributed by atoms with E-state index in [1.807, 2.05) is 40.4 Å². The number of hydrogen-bond donors (Lipinski definition) is 1. The molecule has 1 N–H and O–H groups in total. The molecule has 1 aliphatic heterocycles. The number of rotatable bonds is 10. The van der Waals surface area contributed by atoms with E-state index in [0.717, 1.165) is 6.42 Å². The van der Waals surface area contributed by atoms with E-state index in [1.54, 1.807) is 19.2 Å². The molecule has 0 aliphatic carbocycles. The standard InChI is InChI=1S/C9H8B10O/c10-11-12-13-14-15-16-17-18-19-6-8(19)5-7-1-3-9(20)4-2-7/h1-4,6,20H,5H2. The van der Waals surface area contributed by atoms with E-state index < -0.39 is 0 Å². The Hall–Kier alpha value is -0.591. The summed E-state index contributed by atoms with van der Waals surface area (Å²) in [5.74, 6) is 2.57. The van der Waals surface area contributed by atoms with E-state index in [0.29, 0.717) is 12.4 Å². The third kappa shape index (κ3) is 5.81. The Morgan fingerprint density at radius 2 is 1.60 bits per heavy atom. The average molecular weight is 240 g/mol. The molecule has 0 amide bonds. The minimum absolute atomic E-state index is 0.317. The van der Waals surface area contributed by atoms with Gasteiger partial charge in [-0.05, 0) is 24.1 Å². The van der Waals surface area contributed by atoms with E-state index in [2.05, 4.69) is 20.1 Å². The first-order valence-electron chi connectivity index (χ1n) is 6.66. The molecule has 0 spiro atoms. The summed E-state index contributed by atoms with van der Waals surface area (Å²) in [6, 6.07) is 7.39. The van der Waals surface area contributed by atoms with E-state index in [9.17, 15) is 5.11 Å². The summed E-state index contributed by atoms with van der Waals surface area (Å²) in [6.07, 6.45) is 0.959. The van der Waals surface area contributed by atoms with Gasteiger partial charge in [0.1, 0.15) is 12.4 Å². The van der Waals surface area contributed by atoms with E-state index in [1.165, 1.54) is 18.1 Å². The average Bonchev–Trinajstić information content (AvgIpc) is 3.19. The Morgan fingerprint density at radius 3 is 2.30 bits per heavy atom. The van der Waals surface area contributed by atoms with Crippen LogP contribution in [0, 0.1) is 0 Å². The molecule has 20 heavy (non-hydrogen) atoms. The molecule has 0 bridgehead atoms. The Kier molecular flexibility index (Phi) is 6.82. The van der Waals surface area contributed by atoms with E-state index in [-0.39, 0.29) is 0 Å². The molecule has 0 saturated carbocycles. The first-order chi connectivity index (χ1) is 9.79. The SMILES string of the molecule is [B][B][B][B][B][B][B][B][B]B1C=C1Cc1ccc(O)cc1. The molecule has 1 aromatic carbocycles. The van der Waals surface area contributed by atoms with Crippen LogP contribution in [0.2, 0.25) is 0 Å². The van der Waals surface area contributed by atoms with Crippen LogP contribution in [0.5, 0.6) is 5.75 Å². The van der Waals surface area contributed by atoms with Crippen LogP contribution < -0.4 is 0 Å². The maximum Gasteiger partial charge on any atom is 0.144 e. The van der Waals surface area contributed by atoms with Gasteiger partial charge in [0.15, 0.2) is 0 Å². The molecule has 11 heteroatoms. The topological polar surface area (TPSA) is 20.2 Å². The molecule has 10 radical (unpaired) electrons. The zero-order valence-corrected chi connectivity index (χ0v) is 11.3. The molecule has 1 heterocycles. The minimum Gasteiger partial charge on any atom is -0.508 e. The maximum atomic E-state index is 9.23. The molecular formula is C9H8B10O. The largest absolute Gasteiger partial charge is 0.508 e. The van der Waals surface area contributed by atoms with Crippen LogP contribution in [0.1, 0.15) is 5.56 Å². The molecule has 1 aliphatic rings. The zero-order valence-electron chi connectivity index (χ0n) is 11.3. The van der Waals surface area contributed by atoms with Crippen molar-refractivity contribution in [2.45, 2.75) is 6.42 Å². The molecule has 0 unspecified atom stereocenters. The van der Waals surface area contributed by atoms with Crippen molar-refractivity contribution in [3.63, 3.8) is 0 Å². The number of aromatic hydroxyl groups is 1. The lowest BCUT2D eigenvalue weighted by molar-refractivity contribution is 0.475. The van der Waals surface area contributed by atoms with Crippen molar-refractivity contribution < 1.29 is 5.11 Å². The molecule has 2 rings (SSSR count). The first kappa shape index (κ1) is 15.8. The van der Waals surface area contributed by atoms with Crippen molar-refractivity contribution in [2.24, 2.45) is 0 Å². The Balaban J connectivity index is 1.50. The highest BCUT2D eigenvalue weighted by molar-refractivity contribution is 7.70. The molecule has 0 aromatic heterocycles. The highest BCUT2D eigenvalue weighted by atomic mass is 16.3. The van der Waals surface area contributed by atoms with Gasteiger partial charge in [-0.3, -0.25) is 0 Å². The van der Waals surface area contributed by atoms with Crippen LogP contribution >= 0.6 is 0 Å². The van der Waals surface area contributed by atoms with Crippen LogP contribution in [0.4, 0.5) is 0 Å². The molecule has 0 saturated heterocycles. The van der Waals surface area contributed by atoms with Gasteiger partial charge in [0, 0.05) is 64.2 Å². The number of allylic oxidation sites excluding steroid dienone is 1. The van der Waals surface area contributed by atoms with Gasteiger partial charge in [0.05, 0.1) is 0 Å². The molecule has 80 valence electrons. The lowest BCUT2D eigenvalue weighted by atomic mass is 8.88. The van der Waals surface area contributed by atoms with Crippen molar-refractivity contribution in [2.75, 3.05) is 0 Å². The molecule has 0 fully saturated rings. The summed E-state index contributed by atoms with van der Waals surface area (Å²) in [5, 5.41) is 9.23. The third-order valence-electron chi connectivity index (χ3n) is 3.04. The Labute approximate surface area is 129 Å². The molecule has 1 aromatic rings. The van der Waals surface area contributed by atoms with Crippen LogP contribution in [0.15, 0.2) is 35.7 Å². The summed E-state index contributed by atoms with van der Waals surface area (Å²) >= 11 is 0. The van der Waals surface area contributed by atoms with Crippen LogP contribution in [-0.4, -0.2) is 75.9 Å². The van der Waals surface area contributed by atoms with Crippen molar-refractivity contribution >= 4 is 70.8 Å². The van der Waals surface area contributed by atoms with Crippen molar-refractivity contribution in [1.82, 2.24) is 0 Å². The summed E-state index contributed by atoms with van der Waals surface area (Å²) in [5.41, 5.74) is 2.67. The predicted octanol–water partition coefficient (Wildman–Crippen LogP) is -1.93. The second-order valence-corrected chi connectivity index (χ2v) is 4.65. The number of benzene rings is 1. The van der Waals surface area contributed by atoms with E-state index >= 15 is 0 Å². The second kappa shape index (κ2) is 8.64. The number of phenols is 1. The fourth-order valence-electron chi connectivity index (χ4n) is 1.89. The summed E-state index contributed by atoms with van der Waals surface area (Å²) in [7, 11) is 20.5. The quantitative estimate of drug-likeness (QED) is 0.373. The number of phenolic OH excluding ortho intramolecular Hbond substituents is 1. The second-order valence-electron chi connectivity index (χ2n) is 4.65. The summed E-state index contributed by atoms with van der Waals surface area (Å²) in [4.78, 5) is 0. The summed E-state index contributed by atoms with van der Waals surface area (Å²) < 4.78 is 0. The highest BCUT2D eigenvalue weighted by Crippen LogP contribution is 2.22. The Bertz CT molecular complexity index is 435. The van der Waals surface area contributed by atoms with Crippen molar-refractivity contribution in [3.8, 4) is 5.75 Å². The van der Waals surface area contributed by atoms with Gasteiger partial charge < -0.3 is 5.11 Å². The van der Waals surface area contributed by atoms with Gasteiger partial charge in [-0.1, -0.05) is 12.1 Å². The third-order valence-corrected chi connectivity index (χ3v) is 3.04. The van der Waals surface area contributed by atoms with Crippen LogP contribution in [-0.2, 0) is 6.42 Å². The predicted molar refractivity (Wildman–Crippen MR) is 97.4 cm³/mol. The van der Waals surface area contributed by atoms with Crippen LogP contribution in [0.25, 0.3) is 0 Å². The fourth-order valence-corrected chi connectivity index (χ4v) is 1.89.